The number of hydrogen-bond acceptors (Lipinski definition) is 4. The van der Waals surface area contributed by atoms with Crippen molar-refractivity contribution in [2.45, 2.75) is 6.42 Å². The van der Waals surface area contributed by atoms with Gasteiger partial charge in [0.2, 0.25) is 6.39 Å². The summed E-state index contributed by atoms with van der Waals surface area (Å²) in [5.41, 5.74) is 0. The highest BCUT2D eigenvalue weighted by Gasteiger charge is 2.07. The molecule has 0 unspecified atom stereocenters. The molecule has 0 N–H and O–H groups in total. The quantitative estimate of drug-likeness (QED) is 0.846. The number of hydrogen-bond donors (Lipinski definition) is 0. The smallest absolute Gasteiger partial charge is 0.213 e. The predicted octanol–water partition coefficient (Wildman–Crippen LogP) is 3.00. The van der Waals surface area contributed by atoms with Crippen molar-refractivity contribution in [3.05, 3.63) is 40.5 Å². The van der Waals surface area contributed by atoms with E-state index < -0.39 is 0 Å². The topological polar surface area (TPSA) is 48.2 Å². The Morgan fingerprint density at radius 3 is 2.62 bits per heavy atom. The number of para-hydroxylation sites is 1. The van der Waals surface area contributed by atoms with Crippen molar-refractivity contribution >= 4 is 23.2 Å². The van der Waals surface area contributed by atoms with Gasteiger partial charge < -0.3 is 9.26 Å². The Bertz CT molecular complexity index is 440. The van der Waals surface area contributed by atoms with E-state index in [2.05, 4.69) is 14.7 Å². The van der Waals surface area contributed by atoms with Crippen LogP contribution in [0.5, 0.6) is 5.75 Å². The first-order valence-electron chi connectivity index (χ1n) is 4.59. The van der Waals surface area contributed by atoms with E-state index in [9.17, 15) is 0 Å². The average Bonchev–Trinajstić information content (AvgIpc) is 2.75. The van der Waals surface area contributed by atoms with Gasteiger partial charge >= 0.3 is 0 Å². The Hall–Kier alpha value is -1.26. The number of rotatable bonds is 4. The monoisotopic (exact) mass is 258 g/mol. The predicted molar refractivity (Wildman–Crippen MR) is 60.0 cm³/mol. The van der Waals surface area contributed by atoms with Gasteiger partial charge in [0.15, 0.2) is 11.6 Å². The number of ether oxygens (including phenoxy) is 1. The van der Waals surface area contributed by atoms with E-state index in [0.717, 1.165) is 0 Å². The van der Waals surface area contributed by atoms with Crippen LogP contribution in [-0.2, 0) is 6.42 Å². The highest BCUT2D eigenvalue weighted by Crippen LogP contribution is 2.32. The minimum absolute atomic E-state index is 0.392. The van der Waals surface area contributed by atoms with Gasteiger partial charge in [0.25, 0.3) is 0 Å². The number of nitrogens with zero attached hydrogens (tertiary/aromatic N) is 2. The van der Waals surface area contributed by atoms with Crippen LogP contribution in [0, 0.1) is 0 Å². The van der Waals surface area contributed by atoms with Crippen LogP contribution in [-0.4, -0.2) is 16.7 Å². The van der Waals surface area contributed by atoms with Crippen LogP contribution in [0.1, 0.15) is 5.82 Å². The molecule has 84 valence electrons. The molecule has 0 bridgehead atoms. The van der Waals surface area contributed by atoms with E-state index in [0.29, 0.717) is 34.6 Å². The lowest BCUT2D eigenvalue weighted by Crippen LogP contribution is -2.03. The maximum atomic E-state index is 5.93. The van der Waals surface area contributed by atoms with Crippen LogP contribution in [0.3, 0.4) is 0 Å². The first-order valence-corrected chi connectivity index (χ1v) is 5.35. The average molecular weight is 259 g/mol. The summed E-state index contributed by atoms with van der Waals surface area (Å²) in [5, 5.41) is 4.63. The maximum Gasteiger partial charge on any atom is 0.213 e. The summed E-state index contributed by atoms with van der Waals surface area (Å²) < 4.78 is 10.1. The molecule has 2 rings (SSSR count). The van der Waals surface area contributed by atoms with Gasteiger partial charge in [-0.15, -0.1) is 0 Å². The number of halogens is 2. The molecule has 0 aliphatic carbocycles. The second-order valence-corrected chi connectivity index (χ2v) is 3.81. The summed E-state index contributed by atoms with van der Waals surface area (Å²) in [4.78, 5) is 3.87. The molecule has 0 fully saturated rings. The van der Waals surface area contributed by atoms with Gasteiger partial charge in [-0.25, -0.2) is 0 Å². The van der Waals surface area contributed by atoms with Crippen LogP contribution in [0.25, 0.3) is 0 Å². The third-order valence-electron chi connectivity index (χ3n) is 1.90. The molecule has 0 spiro atoms. The lowest BCUT2D eigenvalue weighted by Gasteiger charge is -2.08. The molecule has 0 saturated heterocycles. The van der Waals surface area contributed by atoms with Crippen molar-refractivity contribution in [2.75, 3.05) is 6.61 Å². The molecule has 0 aliphatic rings. The Balaban J connectivity index is 1.95. The molecule has 4 nitrogen and oxygen atoms in total. The Kier molecular flexibility index (Phi) is 3.64. The number of aromatic nitrogens is 2. The Morgan fingerprint density at radius 1 is 1.25 bits per heavy atom. The third kappa shape index (κ3) is 2.65. The fourth-order valence-corrected chi connectivity index (χ4v) is 1.67. The van der Waals surface area contributed by atoms with Crippen LogP contribution in [0.2, 0.25) is 10.0 Å². The van der Waals surface area contributed by atoms with Crippen molar-refractivity contribution < 1.29 is 9.26 Å². The van der Waals surface area contributed by atoms with Gasteiger partial charge in [-0.1, -0.05) is 34.4 Å². The Morgan fingerprint density at radius 2 is 2.00 bits per heavy atom. The van der Waals surface area contributed by atoms with Gasteiger partial charge in [0, 0.05) is 6.42 Å². The molecule has 0 amide bonds. The zero-order valence-electron chi connectivity index (χ0n) is 8.19. The van der Waals surface area contributed by atoms with Crippen molar-refractivity contribution in [1.29, 1.82) is 0 Å². The zero-order valence-corrected chi connectivity index (χ0v) is 9.70. The molecule has 0 radical (unpaired) electrons. The van der Waals surface area contributed by atoms with Gasteiger partial charge in [0.05, 0.1) is 16.7 Å². The summed E-state index contributed by atoms with van der Waals surface area (Å²) in [6.45, 7) is 0.392. The van der Waals surface area contributed by atoms with Crippen LogP contribution in [0.4, 0.5) is 0 Å². The van der Waals surface area contributed by atoms with E-state index in [1.54, 1.807) is 18.2 Å². The van der Waals surface area contributed by atoms with Crippen LogP contribution in [0.15, 0.2) is 29.1 Å². The largest absolute Gasteiger partial charge is 0.490 e. The second kappa shape index (κ2) is 5.18. The van der Waals surface area contributed by atoms with E-state index >= 15 is 0 Å². The van der Waals surface area contributed by atoms with E-state index in [-0.39, 0.29) is 0 Å². The fourth-order valence-electron chi connectivity index (χ4n) is 1.17. The molecular formula is C10H8Cl2N2O2. The summed E-state index contributed by atoms with van der Waals surface area (Å²) >= 11 is 11.9. The number of benzene rings is 1. The molecule has 0 atom stereocenters. The molecule has 16 heavy (non-hydrogen) atoms. The lowest BCUT2D eigenvalue weighted by molar-refractivity contribution is 0.315. The van der Waals surface area contributed by atoms with Crippen LogP contribution < -0.4 is 4.74 Å². The second-order valence-electron chi connectivity index (χ2n) is 3.00. The van der Waals surface area contributed by atoms with Crippen molar-refractivity contribution in [3.63, 3.8) is 0 Å². The summed E-state index contributed by atoms with van der Waals surface area (Å²) in [6, 6.07) is 5.20. The fraction of sp³-hybridized carbons (Fsp3) is 0.200. The van der Waals surface area contributed by atoms with E-state index in [1.807, 2.05) is 0 Å². The van der Waals surface area contributed by atoms with E-state index in [4.69, 9.17) is 27.9 Å². The molecule has 6 heteroatoms. The van der Waals surface area contributed by atoms with Gasteiger partial charge in [-0.3, -0.25) is 0 Å². The molecule has 1 heterocycles. The minimum atomic E-state index is 0.392. The highest BCUT2D eigenvalue weighted by molar-refractivity contribution is 6.37. The first kappa shape index (κ1) is 11.2. The normalized spacial score (nSPS) is 10.4. The van der Waals surface area contributed by atoms with Gasteiger partial charge in [-0.2, -0.15) is 4.98 Å². The lowest BCUT2D eigenvalue weighted by atomic mass is 10.3. The SMILES string of the molecule is Clc1cccc(Cl)c1OCCc1ncon1. The summed E-state index contributed by atoms with van der Waals surface area (Å²) in [6.07, 6.45) is 1.82. The summed E-state index contributed by atoms with van der Waals surface area (Å²) in [7, 11) is 0. The first-order chi connectivity index (χ1) is 7.77. The van der Waals surface area contributed by atoms with Gasteiger partial charge in [0.1, 0.15) is 0 Å². The Labute approximate surface area is 102 Å². The van der Waals surface area contributed by atoms with Crippen molar-refractivity contribution in [3.8, 4) is 5.75 Å². The minimum Gasteiger partial charge on any atom is -0.490 e. The molecule has 0 saturated carbocycles. The maximum absolute atomic E-state index is 5.93. The van der Waals surface area contributed by atoms with Crippen molar-refractivity contribution in [2.24, 2.45) is 0 Å². The molecular weight excluding hydrogens is 251 g/mol. The highest BCUT2D eigenvalue weighted by atomic mass is 35.5. The zero-order chi connectivity index (χ0) is 11.4. The van der Waals surface area contributed by atoms with E-state index in [1.165, 1.54) is 6.39 Å². The molecule has 1 aromatic heterocycles. The van der Waals surface area contributed by atoms with Crippen molar-refractivity contribution in [1.82, 2.24) is 10.1 Å². The standard InChI is InChI=1S/C10H8Cl2N2O2/c11-7-2-1-3-8(12)10(7)15-5-4-9-13-6-16-14-9/h1-3,6H,4-5H2. The molecule has 1 aromatic carbocycles. The summed E-state index contributed by atoms with van der Waals surface area (Å²) in [5.74, 6) is 1.07. The third-order valence-corrected chi connectivity index (χ3v) is 2.49. The molecule has 2 aromatic rings. The molecule has 0 aliphatic heterocycles. The van der Waals surface area contributed by atoms with Gasteiger partial charge in [-0.05, 0) is 12.1 Å². The van der Waals surface area contributed by atoms with Crippen LogP contribution >= 0.6 is 23.2 Å².